The van der Waals surface area contributed by atoms with Crippen molar-refractivity contribution in [3.8, 4) is 11.8 Å². The number of unbranched alkanes of at least 4 members (excludes halogenated alkanes) is 1. The SMILES string of the molecule is CC#CCOCCCC=C=O. The Hall–Kier alpha value is -1.03. The molecule has 0 aliphatic heterocycles. The molecule has 0 aliphatic carbocycles. The molecule has 0 saturated heterocycles. The zero-order valence-electron chi connectivity index (χ0n) is 6.72. The zero-order valence-corrected chi connectivity index (χ0v) is 6.72. The van der Waals surface area contributed by atoms with Gasteiger partial charge in [-0.25, -0.2) is 4.79 Å². The van der Waals surface area contributed by atoms with Crippen molar-refractivity contribution in [2.45, 2.75) is 19.8 Å². The second kappa shape index (κ2) is 8.97. The third-order valence-corrected chi connectivity index (χ3v) is 1.07. The number of allylic oxidation sites excluding steroid dienone is 1. The molecule has 0 aromatic carbocycles. The Morgan fingerprint density at radius 1 is 1.55 bits per heavy atom. The molecule has 0 N–H and O–H groups in total. The molecule has 2 heteroatoms. The highest BCUT2D eigenvalue weighted by Gasteiger charge is 1.83. The van der Waals surface area contributed by atoms with Gasteiger partial charge in [0.25, 0.3) is 0 Å². The van der Waals surface area contributed by atoms with Crippen LogP contribution in [0.4, 0.5) is 0 Å². The zero-order chi connectivity index (χ0) is 8.36. The molecule has 0 saturated carbocycles. The Balaban J connectivity index is 3.00. The quantitative estimate of drug-likeness (QED) is 0.336. The fraction of sp³-hybridized carbons (Fsp3) is 0.556. The normalized spacial score (nSPS) is 7.73. The second-order valence-corrected chi connectivity index (χ2v) is 1.94. The van der Waals surface area contributed by atoms with E-state index in [0.717, 1.165) is 12.8 Å². The molecule has 0 spiro atoms. The Labute approximate surface area is 67.2 Å². The summed E-state index contributed by atoms with van der Waals surface area (Å²) in [6, 6.07) is 0. The van der Waals surface area contributed by atoms with E-state index >= 15 is 0 Å². The third-order valence-electron chi connectivity index (χ3n) is 1.07. The summed E-state index contributed by atoms with van der Waals surface area (Å²) in [7, 11) is 0. The van der Waals surface area contributed by atoms with Gasteiger partial charge >= 0.3 is 0 Å². The first-order valence-corrected chi connectivity index (χ1v) is 3.58. The van der Waals surface area contributed by atoms with Crippen LogP contribution in [0.5, 0.6) is 0 Å². The van der Waals surface area contributed by atoms with Gasteiger partial charge in [0.15, 0.2) is 0 Å². The smallest absolute Gasteiger partial charge is 0.120 e. The van der Waals surface area contributed by atoms with Crippen LogP contribution in [-0.2, 0) is 9.53 Å². The van der Waals surface area contributed by atoms with E-state index in [-0.39, 0.29) is 0 Å². The average molecular weight is 152 g/mol. The molecule has 0 bridgehead atoms. The summed E-state index contributed by atoms with van der Waals surface area (Å²) in [6.07, 6.45) is 3.07. The molecule has 60 valence electrons. The summed E-state index contributed by atoms with van der Waals surface area (Å²) in [6.45, 7) is 2.92. The van der Waals surface area contributed by atoms with Crippen LogP contribution in [0.1, 0.15) is 19.8 Å². The van der Waals surface area contributed by atoms with Gasteiger partial charge < -0.3 is 4.74 Å². The topological polar surface area (TPSA) is 26.3 Å². The lowest BCUT2D eigenvalue weighted by Crippen LogP contribution is -1.93. The lowest BCUT2D eigenvalue weighted by atomic mass is 10.3. The first-order valence-electron chi connectivity index (χ1n) is 3.58. The Kier molecular flexibility index (Phi) is 8.13. The standard InChI is InChI=1S/C9H12O2/c1-2-3-8-11-9-6-4-5-7-10/h5H,4,6,8-9H2,1H3. The first-order chi connectivity index (χ1) is 5.41. The van der Waals surface area contributed by atoms with Gasteiger partial charge in [-0.05, 0) is 25.8 Å². The highest BCUT2D eigenvalue weighted by atomic mass is 16.5. The molecule has 0 radical (unpaired) electrons. The highest BCUT2D eigenvalue weighted by Crippen LogP contribution is 1.88. The van der Waals surface area contributed by atoms with Gasteiger partial charge in [0.05, 0.1) is 0 Å². The molecular weight excluding hydrogens is 140 g/mol. The summed E-state index contributed by atoms with van der Waals surface area (Å²) in [5, 5.41) is 0. The van der Waals surface area contributed by atoms with Crippen molar-refractivity contribution in [3.63, 3.8) is 0 Å². The number of carbonyl (C=O) groups excluding carboxylic acids is 1. The number of hydrogen-bond donors (Lipinski definition) is 0. The maximum atomic E-state index is 9.70. The third kappa shape index (κ3) is 8.97. The molecule has 0 unspecified atom stereocenters. The number of hydrogen-bond acceptors (Lipinski definition) is 2. The molecule has 0 heterocycles. The monoisotopic (exact) mass is 152 g/mol. The predicted molar refractivity (Wildman–Crippen MR) is 43.8 cm³/mol. The Morgan fingerprint density at radius 2 is 2.36 bits per heavy atom. The van der Waals surface area contributed by atoms with E-state index in [1.54, 1.807) is 12.9 Å². The molecule has 0 fully saturated rings. The minimum absolute atomic E-state index is 0.487. The maximum Gasteiger partial charge on any atom is 0.120 e. The van der Waals surface area contributed by atoms with E-state index in [1.165, 1.54) is 6.08 Å². The minimum Gasteiger partial charge on any atom is -0.369 e. The molecule has 0 aromatic rings. The fourth-order valence-corrected chi connectivity index (χ4v) is 0.542. The van der Waals surface area contributed by atoms with Gasteiger partial charge in [-0.15, -0.1) is 5.92 Å². The number of ether oxygens (including phenoxy) is 1. The van der Waals surface area contributed by atoms with E-state index in [2.05, 4.69) is 11.8 Å². The molecule has 0 aliphatic rings. The molecule has 0 rings (SSSR count). The van der Waals surface area contributed by atoms with Crippen molar-refractivity contribution < 1.29 is 9.53 Å². The molecule has 2 nitrogen and oxygen atoms in total. The first kappa shape index (κ1) is 9.97. The van der Waals surface area contributed by atoms with Crippen LogP contribution < -0.4 is 0 Å². The largest absolute Gasteiger partial charge is 0.369 e. The molecular formula is C9H12O2. The van der Waals surface area contributed by atoms with Crippen molar-refractivity contribution in [2.24, 2.45) is 0 Å². The molecule has 11 heavy (non-hydrogen) atoms. The Morgan fingerprint density at radius 3 is 3.00 bits per heavy atom. The Bertz CT molecular complexity index is 179. The van der Waals surface area contributed by atoms with E-state index in [1.807, 2.05) is 0 Å². The van der Waals surface area contributed by atoms with Crippen molar-refractivity contribution in [1.29, 1.82) is 0 Å². The van der Waals surface area contributed by atoms with E-state index in [9.17, 15) is 4.79 Å². The lowest BCUT2D eigenvalue weighted by Gasteiger charge is -1.95. The van der Waals surface area contributed by atoms with Crippen molar-refractivity contribution in [3.05, 3.63) is 6.08 Å². The van der Waals surface area contributed by atoms with Gasteiger partial charge in [0, 0.05) is 6.61 Å². The maximum absolute atomic E-state index is 9.70. The van der Waals surface area contributed by atoms with E-state index < -0.39 is 0 Å². The van der Waals surface area contributed by atoms with Crippen LogP contribution in [-0.4, -0.2) is 19.2 Å². The van der Waals surface area contributed by atoms with Gasteiger partial charge in [-0.3, -0.25) is 0 Å². The van der Waals surface area contributed by atoms with Gasteiger partial charge in [0.1, 0.15) is 12.5 Å². The fourth-order valence-electron chi connectivity index (χ4n) is 0.542. The average Bonchev–Trinajstić information content (AvgIpc) is 2.03. The molecule has 0 amide bonds. The van der Waals surface area contributed by atoms with Crippen LogP contribution in [0.25, 0.3) is 0 Å². The van der Waals surface area contributed by atoms with Crippen molar-refractivity contribution >= 4 is 5.94 Å². The van der Waals surface area contributed by atoms with Gasteiger partial charge in [-0.1, -0.05) is 5.92 Å². The van der Waals surface area contributed by atoms with Crippen molar-refractivity contribution in [2.75, 3.05) is 13.2 Å². The summed E-state index contributed by atoms with van der Waals surface area (Å²) in [5.41, 5.74) is 0. The molecule has 0 aromatic heterocycles. The minimum atomic E-state index is 0.487. The van der Waals surface area contributed by atoms with Crippen LogP contribution in [0.2, 0.25) is 0 Å². The summed E-state index contributed by atoms with van der Waals surface area (Å²) >= 11 is 0. The summed E-state index contributed by atoms with van der Waals surface area (Å²) in [4.78, 5) is 9.70. The highest BCUT2D eigenvalue weighted by molar-refractivity contribution is 5.44. The van der Waals surface area contributed by atoms with Crippen LogP contribution in [0.15, 0.2) is 6.08 Å². The van der Waals surface area contributed by atoms with E-state index in [0.29, 0.717) is 13.2 Å². The van der Waals surface area contributed by atoms with Gasteiger partial charge in [0.2, 0.25) is 0 Å². The lowest BCUT2D eigenvalue weighted by molar-refractivity contribution is 0.165. The van der Waals surface area contributed by atoms with E-state index in [4.69, 9.17) is 4.74 Å². The van der Waals surface area contributed by atoms with Gasteiger partial charge in [-0.2, -0.15) is 0 Å². The van der Waals surface area contributed by atoms with Crippen molar-refractivity contribution in [1.82, 2.24) is 0 Å². The summed E-state index contributed by atoms with van der Waals surface area (Å²) in [5.74, 6) is 7.22. The predicted octanol–water partition coefficient (Wildman–Crippen LogP) is 1.19. The van der Waals surface area contributed by atoms with Crippen LogP contribution in [0.3, 0.4) is 0 Å². The second-order valence-electron chi connectivity index (χ2n) is 1.94. The van der Waals surface area contributed by atoms with Crippen LogP contribution in [0, 0.1) is 11.8 Å². The number of rotatable bonds is 5. The molecule has 0 atom stereocenters. The van der Waals surface area contributed by atoms with Crippen LogP contribution >= 0.6 is 0 Å². The summed E-state index contributed by atoms with van der Waals surface area (Å²) < 4.78 is 5.10.